The summed E-state index contributed by atoms with van der Waals surface area (Å²) in [5, 5.41) is 12.5. The number of β-amino-alcohol motifs (C(OH)–C–C–N with tert-alkyl or cyclic N) is 1. The summed E-state index contributed by atoms with van der Waals surface area (Å²) in [5.41, 5.74) is 2.21. The van der Waals surface area contributed by atoms with Gasteiger partial charge in [0, 0.05) is 26.1 Å². The lowest BCUT2D eigenvalue weighted by Gasteiger charge is -2.20. The molecular weight excluding hydrogens is 306 g/mol. The van der Waals surface area contributed by atoms with Gasteiger partial charge in [0.25, 0.3) is 0 Å². The van der Waals surface area contributed by atoms with Crippen molar-refractivity contribution >= 4 is 11.3 Å². The van der Waals surface area contributed by atoms with Crippen molar-refractivity contribution < 1.29 is 9.84 Å². The van der Waals surface area contributed by atoms with Gasteiger partial charge in [0.1, 0.15) is 5.75 Å². The minimum Gasteiger partial charge on any atom is -0.497 e. The topological polar surface area (TPSA) is 32.7 Å². The highest BCUT2D eigenvalue weighted by molar-refractivity contribution is 7.10. The zero-order valence-corrected chi connectivity index (χ0v) is 14.1. The molecule has 1 atom stereocenters. The number of aliphatic hydroxyl groups excluding tert-OH is 1. The van der Waals surface area contributed by atoms with E-state index in [1.54, 1.807) is 18.4 Å². The van der Waals surface area contributed by atoms with Crippen molar-refractivity contribution in [2.45, 2.75) is 18.9 Å². The van der Waals surface area contributed by atoms with Crippen molar-refractivity contribution in [1.29, 1.82) is 0 Å². The largest absolute Gasteiger partial charge is 0.497 e. The van der Waals surface area contributed by atoms with Crippen molar-refractivity contribution in [3.05, 3.63) is 51.7 Å². The Hall–Kier alpha value is -1.80. The number of methoxy groups -OCH3 is 1. The minimum absolute atomic E-state index is 0.441. The maximum Gasteiger partial charge on any atom is 0.119 e. The number of hydrogen-bond acceptors (Lipinski definition) is 4. The molecule has 1 unspecified atom stereocenters. The van der Waals surface area contributed by atoms with Gasteiger partial charge in [0.15, 0.2) is 0 Å². The number of aliphatic hydroxyl groups is 1. The number of ether oxygens (including phenoxy) is 1. The Morgan fingerprint density at radius 1 is 1.39 bits per heavy atom. The predicted octanol–water partition coefficient (Wildman–Crippen LogP) is 3.09. The number of fused-ring (bicyclic) bond motifs is 1. The van der Waals surface area contributed by atoms with Gasteiger partial charge in [-0.3, -0.25) is 4.90 Å². The Labute approximate surface area is 141 Å². The molecular formula is C19H21NO2S. The average Bonchev–Trinajstić information content (AvgIpc) is 3.03. The Morgan fingerprint density at radius 3 is 3.09 bits per heavy atom. The van der Waals surface area contributed by atoms with E-state index in [2.05, 4.69) is 16.7 Å². The van der Waals surface area contributed by atoms with Crippen molar-refractivity contribution in [1.82, 2.24) is 4.90 Å². The Morgan fingerprint density at radius 2 is 2.30 bits per heavy atom. The van der Waals surface area contributed by atoms with Gasteiger partial charge in [0.05, 0.1) is 18.1 Å². The molecule has 0 saturated carbocycles. The van der Waals surface area contributed by atoms with Gasteiger partial charge in [-0.1, -0.05) is 24.0 Å². The zero-order chi connectivity index (χ0) is 16.1. The van der Waals surface area contributed by atoms with Gasteiger partial charge in [-0.15, -0.1) is 11.3 Å². The van der Waals surface area contributed by atoms with Crippen LogP contribution in [0.5, 0.6) is 5.75 Å². The molecule has 1 aromatic carbocycles. The summed E-state index contributed by atoms with van der Waals surface area (Å²) in [6.07, 6.45) is 1.32. The number of rotatable bonds is 3. The normalized spacial score (nSPS) is 17.7. The molecule has 0 spiro atoms. The fraction of sp³-hybridized carbons (Fsp3) is 0.368. The van der Waals surface area contributed by atoms with Crippen LogP contribution in [0.1, 0.15) is 28.5 Å². The van der Waals surface area contributed by atoms with Crippen LogP contribution in [0, 0.1) is 11.8 Å². The van der Waals surface area contributed by atoms with Crippen molar-refractivity contribution in [2.24, 2.45) is 0 Å². The van der Waals surface area contributed by atoms with E-state index in [4.69, 9.17) is 4.74 Å². The Kier molecular flexibility index (Phi) is 5.35. The average molecular weight is 327 g/mol. The number of benzene rings is 1. The first-order valence-corrected chi connectivity index (χ1v) is 8.74. The summed E-state index contributed by atoms with van der Waals surface area (Å²) in [6.45, 7) is 2.50. The quantitative estimate of drug-likeness (QED) is 0.880. The van der Waals surface area contributed by atoms with Gasteiger partial charge in [-0.05, 0) is 41.1 Å². The molecule has 0 fully saturated rings. The highest BCUT2D eigenvalue weighted by Gasteiger charge is 2.21. The highest BCUT2D eigenvalue weighted by atomic mass is 32.1. The van der Waals surface area contributed by atoms with E-state index in [9.17, 15) is 5.11 Å². The van der Waals surface area contributed by atoms with Gasteiger partial charge in [-0.2, -0.15) is 0 Å². The van der Waals surface area contributed by atoms with E-state index in [0.717, 1.165) is 42.1 Å². The molecule has 1 aromatic heterocycles. The molecule has 1 aliphatic rings. The standard InChI is InChI=1S/C19H21NO2S/c1-22-16-7-8-18-15(13-16)9-11-20(14-19(18)21)10-3-2-5-17-6-4-12-23-17/h4,6-8,12-13,19,21H,3,9-11,14H2,1H3. The molecule has 1 N–H and O–H groups in total. The summed E-state index contributed by atoms with van der Waals surface area (Å²) in [6, 6.07) is 10.0. The van der Waals surface area contributed by atoms with Crippen LogP contribution in [0.2, 0.25) is 0 Å². The second-order valence-corrected chi connectivity index (χ2v) is 6.61. The summed E-state index contributed by atoms with van der Waals surface area (Å²) in [4.78, 5) is 3.40. The van der Waals surface area contributed by atoms with Crippen LogP contribution < -0.4 is 4.74 Å². The van der Waals surface area contributed by atoms with Crippen LogP contribution in [0.3, 0.4) is 0 Å². The van der Waals surface area contributed by atoms with Gasteiger partial charge >= 0.3 is 0 Å². The number of thiophene rings is 1. The molecule has 4 heteroatoms. The fourth-order valence-electron chi connectivity index (χ4n) is 2.88. The first-order valence-electron chi connectivity index (χ1n) is 7.86. The Balaban J connectivity index is 1.59. The smallest absolute Gasteiger partial charge is 0.119 e. The van der Waals surface area contributed by atoms with Crippen LogP contribution in [0.15, 0.2) is 35.7 Å². The third-order valence-corrected chi connectivity index (χ3v) is 4.91. The van der Waals surface area contributed by atoms with Crippen LogP contribution in [0.25, 0.3) is 0 Å². The molecule has 0 aliphatic carbocycles. The molecule has 2 heterocycles. The van der Waals surface area contributed by atoms with E-state index in [-0.39, 0.29) is 0 Å². The van der Waals surface area contributed by atoms with Gasteiger partial charge < -0.3 is 9.84 Å². The molecule has 0 amide bonds. The van der Waals surface area contributed by atoms with Crippen molar-refractivity contribution in [3.63, 3.8) is 0 Å². The molecule has 3 nitrogen and oxygen atoms in total. The number of nitrogens with zero attached hydrogens (tertiary/aromatic N) is 1. The molecule has 120 valence electrons. The highest BCUT2D eigenvalue weighted by Crippen LogP contribution is 2.27. The molecule has 2 aromatic rings. The van der Waals surface area contributed by atoms with E-state index in [1.807, 2.05) is 35.7 Å². The summed E-state index contributed by atoms with van der Waals surface area (Å²) in [7, 11) is 1.67. The van der Waals surface area contributed by atoms with E-state index < -0.39 is 6.10 Å². The molecule has 0 bridgehead atoms. The van der Waals surface area contributed by atoms with Crippen LogP contribution in [0.4, 0.5) is 0 Å². The lowest BCUT2D eigenvalue weighted by atomic mass is 10.0. The monoisotopic (exact) mass is 327 g/mol. The summed E-state index contributed by atoms with van der Waals surface area (Å²) in [5.74, 6) is 7.27. The number of hydrogen-bond donors (Lipinski definition) is 1. The third-order valence-electron chi connectivity index (χ3n) is 4.12. The first kappa shape index (κ1) is 16.1. The zero-order valence-electron chi connectivity index (χ0n) is 13.3. The van der Waals surface area contributed by atoms with Crippen molar-refractivity contribution in [2.75, 3.05) is 26.7 Å². The van der Waals surface area contributed by atoms with Crippen LogP contribution >= 0.6 is 11.3 Å². The maximum atomic E-state index is 10.5. The minimum atomic E-state index is -0.441. The van der Waals surface area contributed by atoms with Crippen molar-refractivity contribution in [3.8, 4) is 17.6 Å². The van der Waals surface area contributed by atoms with E-state index in [0.29, 0.717) is 6.54 Å². The first-order chi connectivity index (χ1) is 11.3. The van der Waals surface area contributed by atoms with Crippen LogP contribution in [-0.2, 0) is 6.42 Å². The maximum absolute atomic E-state index is 10.5. The lowest BCUT2D eigenvalue weighted by Crippen LogP contribution is -2.29. The van der Waals surface area contributed by atoms with E-state index >= 15 is 0 Å². The summed E-state index contributed by atoms with van der Waals surface area (Å²) < 4.78 is 5.29. The Bertz CT molecular complexity index is 700. The predicted molar refractivity (Wildman–Crippen MR) is 93.9 cm³/mol. The van der Waals surface area contributed by atoms with Gasteiger partial charge in [0.2, 0.25) is 0 Å². The summed E-state index contributed by atoms with van der Waals surface area (Å²) >= 11 is 1.67. The second-order valence-electron chi connectivity index (χ2n) is 5.66. The molecule has 0 saturated heterocycles. The lowest BCUT2D eigenvalue weighted by molar-refractivity contribution is 0.121. The molecule has 1 aliphatic heterocycles. The molecule has 3 rings (SSSR count). The fourth-order valence-corrected chi connectivity index (χ4v) is 3.47. The molecule has 0 radical (unpaired) electrons. The second kappa shape index (κ2) is 7.65. The van der Waals surface area contributed by atoms with Gasteiger partial charge in [-0.25, -0.2) is 0 Å². The SMILES string of the molecule is COc1ccc2c(c1)CCN(CCC#Cc1cccs1)CC2O. The van der Waals surface area contributed by atoms with E-state index in [1.165, 1.54) is 5.56 Å². The molecule has 23 heavy (non-hydrogen) atoms. The third kappa shape index (κ3) is 4.14. The van der Waals surface area contributed by atoms with Crippen LogP contribution in [-0.4, -0.2) is 36.8 Å².